The summed E-state index contributed by atoms with van der Waals surface area (Å²) in [4.78, 5) is 4.75. The molecule has 1 aromatic carbocycles. The van der Waals surface area contributed by atoms with Crippen molar-refractivity contribution in [2.75, 3.05) is 5.32 Å². The Morgan fingerprint density at radius 3 is 2.75 bits per heavy atom. The highest BCUT2D eigenvalue weighted by Gasteiger charge is 2.17. The molecule has 4 rings (SSSR count). The second kappa shape index (κ2) is 6.73. The average Bonchev–Trinajstić information content (AvgIpc) is 2.98. The van der Waals surface area contributed by atoms with Gasteiger partial charge in [-0.15, -0.1) is 0 Å². The Bertz CT molecular complexity index is 871. The number of halogens is 2. The Hall–Kier alpha value is -1.59. The van der Waals surface area contributed by atoms with Crippen LogP contribution in [0.1, 0.15) is 32.1 Å². The summed E-state index contributed by atoms with van der Waals surface area (Å²) in [7, 11) is 0. The molecule has 1 saturated carbocycles. The molecule has 24 heavy (non-hydrogen) atoms. The second-order valence-electron chi connectivity index (χ2n) is 6.21. The molecule has 3 aromatic rings. The number of benzene rings is 1. The molecule has 0 spiro atoms. The molecule has 124 valence electrons. The van der Waals surface area contributed by atoms with Gasteiger partial charge in [-0.3, -0.25) is 0 Å². The molecular weight excluding hydrogens is 388 g/mol. The summed E-state index contributed by atoms with van der Waals surface area (Å²) in [6.45, 7) is 0. The summed E-state index contributed by atoms with van der Waals surface area (Å²) in [6, 6.07) is 10.3. The number of anilines is 1. The lowest BCUT2D eigenvalue weighted by atomic mass is 9.95. The minimum atomic E-state index is 0.492. The fourth-order valence-electron chi connectivity index (χ4n) is 3.30. The van der Waals surface area contributed by atoms with E-state index in [1.807, 2.05) is 34.8 Å². The first-order valence-corrected chi connectivity index (χ1v) is 9.45. The van der Waals surface area contributed by atoms with Crippen LogP contribution in [0, 0.1) is 0 Å². The van der Waals surface area contributed by atoms with Crippen LogP contribution >= 0.6 is 27.5 Å². The largest absolute Gasteiger partial charge is 0.367 e. The number of rotatable bonds is 3. The van der Waals surface area contributed by atoms with Crippen LogP contribution in [0.2, 0.25) is 5.02 Å². The first-order valence-electron chi connectivity index (χ1n) is 8.28. The van der Waals surface area contributed by atoms with Crippen molar-refractivity contribution in [3.05, 3.63) is 46.0 Å². The van der Waals surface area contributed by atoms with Crippen LogP contribution in [-0.4, -0.2) is 20.6 Å². The van der Waals surface area contributed by atoms with Gasteiger partial charge in [0.2, 0.25) is 0 Å². The van der Waals surface area contributed by atoms with E-state index in [0.717, 1.165) is 27.2 Å². The van der Waals surface area contributed by atoms with Gasteiger partial charge in [0.05, 0.1) is 16.4 Å². The molecule has 0 amide bonds. The summed E-state index contributed by atoms with van der Waals surface area (Å²) in [5, 5.41) is 8.82. The molecular formula is C18H18BrClN4. The molecule has 4 nitrogen and oxygen atoms in total. The van der Waals surface area contributed by atoms with E-state index in [1.54, 1.807) is 6.20 Å². The zero-order valence-electron chi connectivity index (χ0n) is 13.2. The second-order valence-corrected chi connectivity index (χ2v) is 7.48. The predicted molar refractivity (Wildman–Crippen MR) is 102 cm³/mol. The van der Waals surface area contributed by atoms with Crippen LogP contribution in [0.3, 0.4) is 0 Å². The maximum Gasteiger partial charge on any atom is 0.172 e. The van der Waals surface area contributed by atoms with Crippen molar-refractivity contribution in [1.82, 2.24) is 14.6 Å². The highest BCUT2D eigenvalue weighted by atomic mass is 79.9. The van der Waals surface area contributed by atoms with Crippen molar-refractivity contribution in [2.24, 2.45) is 0 Å². The highest BCUT2D eigenvalue weighted by molar-refractivity contribution is 9.10. The van der Waals surface area contributed by atoms with Crippen LogP contribution in [0.25, 0.3) is 16.9 Å². The number of nitrogens with one attached hydrogen (secondary N) is 1. The van der Waals surface area contributed by atoms with Gasteiger partial charge in [0.25, 0.3) is 0 Å². The lowest BCUT2D eigenvalue weighted by Gasteiger charge is -2.24. The third kappa shape index (κ3) is 3.03. The van der Waals surface area contributed by atoms with Gasteiger partial charge in [-0.25, -0.2) is 4.98 Å². The van der Waals surface area contributed by atoms with Gasteiger partial charge in [-0.1, -0.05) is 49.1 Å². The molecule has 0 aliphatic heterocycles. The Labute approximate surface area is 154 Å². The molecule has 1 fully saturated rings. The van der Waals surface area contributed by atoms with Gasteiger partial charge in [0.15, 0.2) is 5.65 Å². The smallest absolute Gasteiger partial charge is 0.172 e. The summed E-state index contributed by atoms with van der Waals surface area (Å²) in [5.41, 5.74) is 2.58. The molecule has 2 aromatic heterocycles. The van der Waals surface area contributed by atoms with E-state index in [4.69, 9.17) is 16.6 Å². The molecule has 1 aliphatic rings. The summed E-state index contributed by atoms with van der Waals surface area (Å²) in [6.07, 6.45) is 8.09. The van der Waals surface area contributed by atoms with Gasteiger partial charge in [-0.2, -0.15) is 9.61 Å². The SMILES string of the molecule is Clc1ccccc1-c1cc(NC2CCCCC2)n2ncc(Br)c2n1. The van der Waals surface area contributed by atoms with Gasteiger partial charge >= 0.3 is 0 Å². The minimum absolute atomic E-state index is 0.492. The number of hydrogen-bond acceptors (Lipinski definition) is 3. The molecule has 0 saturated heterocycles. The van der Waals surface area contributed by atoms with Crippen LogP contribution in [0.5, 0.6) is 0 Å². The number of fused-ring (bicyclic) bond motifs is 1. The van der Waals surface area contributed by atoms with E-state index in [-0.39, 0.29) is 0 Å². The Morgan fingerprint density at radius 2 is 1.96 bits per heavy atom. The van der Waals surface area contributed by atoms with Crippen molar-refractivity contribution < 1.29 is 0 Å². The summed E-state index contributed by atoms with van der Waals surface area (Å²) < 4.78 is 2.74. The topological polar surface area (TPSA) is 42.2 Å². The van der Waals surface area contributed by atoms with Crippen LogP contribution in [0.15, 0.2) is 41.0 Å². The first kappa shape index (κ1) is 15.9. The van der Waals surface area contributed by atoms with Gasteiger partial charge in [0.1, 0.15) is 5.82 Å². The predicted octanol–water partition coefficient (Wildman–Crippen LogP) is 5.56. The monoisotopic (exact) mass is 404 g/mol. The van der Waals surface area contributed by atoms with Gasteiger partial charge in [-0.05, 0) is 34.8 Å². The van der Waals surface area contributed by atoms with Crippen LogP contribution in [0.4, 0.5) is 5.82 Å². The quantitative estimate of drug-likeness (QED) is 0.620. The normalized spacial score (nSPS) is 15.8. The van der Waals surface area contributed by atoms with Crippen molar-refractivity contribution in [1.29, 1.82) is 0 Å². The highest BCUT2D eigenvalue weighted by Crippen LogP contribution is 2.31. The number of aromatic nitrogens is 3. The maximum absolute atomic E-state index is 6.37. The maximum atomic E-state index is 6.37. The molecule has 1 aliphatic carbocycles. The Morgan fingerprint density at radius 1 is 1.17 bits per heavy atom. The molecule has 6 heteroatoms. The molecule has 0 bridgehead atoms. The van der Waals surface area contributed by atoms with Gasteiger partial charge in [0, 0.05) is 22.7 Å². The van der Waals surface area contributed by atoms with Crippen molar-refractivity contribution >= 4 is 39.0 Å². The standard InChI is InChI=1S/C18H18BrClN4/c19-14-11-21-24-17(22-12-6-2-1-3-7-12)10-16(23-18(14)24)13-8-4-5-9-15(13)20/h4-5,8-12,22H,1-3,6-7H2. The summed E-state index contributed by atoms with van der Waals surface area (Å²) >= 11 is 9.92. The van der Waals surface area contributed by atoms with E-state index in [0.29, 0.717) is 11.1 Å². The van der Waals surface area contributed by atoms with E-state index in [1.165, 1.54) is 32.1 Å². The Balaban J connectivity index is 1.81. The van der Waals surface area contributed by atoms with Crippen molar-refractivity contribution in [3.63, 3.8) is 0 Å². The van der Waals surface area contributed by atoms with E-state index in [9.17, 15) is 0 Å². The zero-order valence-corrected chi connectivity index (χ0v) is 15.5. The first-order chi connectivity index (χ1) is 11.7. The zero-order chi connectivity index (χ0) is 16.5. The van der Waals surface area contributed by atoms with E-state index < -0.39 is 0 Å². The molecule has 0 unspecified atom stereocenters. The minimum Gasteiger partial charge on any atom is -0.367 e. The van der Waals surface area contributed by atoms with E-state index >= 15 is 0 Å². The third-order valence-corrected chi connectivity index (χ3v) is 5.42. The number of hydrogen-bond donors (Lipinski definition) is 1. The van der Waals surface area contributed by atoms with Crippen LogP contribution in [-0.2, 0) is 0 Å². The van der Waals surface area contributed by atoms with Crippen molar-refractivity contribution in [2.45, 2.75) is 38.1 Å². The molecule has 1 N–H and O–H groups in total. The van der Waals surface area contributed by atoms with Crippen LogP contribution < -0.4 is 5.32 Å². The molecule has 0 atom stereocenters. The fourth-order valence-corrected chi connectivity index (χ4v) is 3.88. The fraction of sp³-hybridized carbons (Fsp3) is 0.333. The Kier molecular flexibility index (Phi) is 4.46. The van der Waals surface area contributed by atoms with E-state index in [2.05, 4.69) is 26.3 Å². The summed E-state index contributed by atoms with van der Waals surface area (Å²) in [5.74, 6) is 0.965. The third-order valence-electron chi connectivity index (χ3n) is 4.54. The molecule has 2 heterocycles. The lowest BCUT2D eigenvalue weighted by molar-refractivity contribution is 0.461. The van der Waals surface area contributed by atoms with Crippen molar-refractivity contribution in [3.8, 4) is 11.3 Å². The number of nitrogens with zero attached hydrogens (tertiary/aromatic N) is 3. The lowest BCUT2D eigenvalue weighted by Crippen LogP contribution is -2.23. The average molecular weight is 406 g/mol. The molecule has 0 radical (unpaired) electrons. The van der Waals surface area contributed by atoms with Gasteiger partial charge < -0.3 is 5.32 Å².